The molecule has 0 aliphatic heterocycles. The summed E-state index contributed by atoms with van der Waals surface area (Å²) in [6.45, 7) is 3.06. The van der Waals surface area contributed by atoms with Crippen molar-refractivity contribution in [3.8, 4) is 0 Å². The molecule has 0 spiro atoms. The first kappa shape index (κ1) is 24.9. The van der Waals surface area contributed by atoms with Crippen molar-refractivity contribution in [3.63, 3.8) is 0 Å². The van der Waals surface area contributed by atoms with Crippen LogP contribution >= 0.6 is 0 Å². The highest BCUT2D eigenvalue weighted by atomic mass is 32.2. The second-order valence-corrected chi connectivity index (χ2v) is 10.1. The molecule has 1 fully saturated rings. The zero-order chi connectivity index (χ0) is 24.9. The van der Waals surface area contributed by atoms with Crippen LogP contribution in [0.1, 0.15) is 43.0 Å². The second kappa shape index (κ2) is 8.23. The van der Waals surface area contributed by atoms with Gasteiger partial charge in [0, 0.05) is 11.3 Å². The van der Waals surface area contributed by atoms with Crippen LogP contribution in [0.15, 0.2) is 30.3 Å². The Morgan fingerprint density at radius 2 is 1.67 bits per heavy atom. The normalized spacial score (nSPS) is 21.4. The lowest BCUT2D eigenvalue weighted by atomic mass is 9.93. The van der Waals surface area contributed by atoms with E-state index in [2.05, 4.69) is 5.32 Å². The van der Waals surface area contributed by atoms with Gasteiger partial charge in [0.1, 0.15) is 11.5 Å². The molecule has 1 amide bonds. The third kappa shape index (κ3) is 5.26. The van der Waals surface area contributed by atoms with Crippen molar-refractivity contribution in [1.29, 1.82) is 0 Å². The summed E-state index contributed by atoms with van der Waals surface area (Å²) in [7, 11) is -3.92. The summed E-state index contributed by atoms with van der Waals surface area (Å²) in [5.41, 5.74) is -2.88. The number of hydrogen-bond donors (Lipinski definition) is 2. The summed E-state index contributed by atoms with van der Waals surface area (Å²) in [6, 6.07) is 3.39. The first-order valence-electron chi connectivity index (χ1n) is 9.67. The third-order valence-electron chi connectivity index (χ3n) is 5.70. The molecule has 2 N–H and O–H groups in total. The number of halogens is 6. The van der Waals surface area contributed by atoms with E-state index in [1.807, 2.05) is 0 Å². The lowest BCUT2D eigenvalue weighted by Crippen LogP contribution is -2.30. The molecule has 2 aromatic rings. The van der Waals surface area contributed by atoms with Gasteiger partial charge in [-0.15, -0.1) is 0 Å². The topological polar surface area (TPSA) is 75.3 Å². The molecule has 1 aliphatic rings. The molecule has 0 radical (unpaired) electrons. The fourth-order valence-electron chi connectivity index (χ4n) is 3.69. The fourth-order valence-corrected chi connectivity index (χ4v) is 4.26. The molecule has 0 saturated heterocycles. The van der Waals surface area contributed by atoms with Crippen molar-refractivity contribution in [2.45, 2.75) is 37.9 Å². The Labute approximate surface area is 186 Å². The Bertz CT molecular complexity index is 1190. The number of nitrogens with one attached hydrogen (secondary N) is 2. The molecule has 1 aliphatic carbocycles. The van der Waals surface area contributed by atoms with Crippen LogP contribution < -0.4 is 10.0 Å². The molecule has 3 rings (SSSR count). The SMILES string of the molecule is CC(NC(=O)[C@@H]1CC1(C)c1ccc(C(F)(F)F)c(F)c1)c1cc(F)c(NS(C)(=O)=O)c(F)c1. The maximum atomic E-state index is 14.2. The van der Waals surface area contributed by atoms with Crippen LogP contribution in [0.25, 0.3) is 0 Å². The van der Waals surface area contributed by atoms with Crippen molar-refractivity contribution < 1.29 is 39.6 Å². The number of rotatable bonds is 6. The van der Waals surface area contributed by atoms with Gasteiger partial charge in [-0.1, -0.05) is 13.0 Å². The minimum Gasteiger partial charge on any atom is -0.349 e. The molecule has 12 heteroatoms. The largest absolute Gasteiger partial charge is 0.419 e. The standard InChI is InChI=1S/C21H20F6N2O3S/c1-10(11-6-16(23)18(17(24)7-11)29-33(3,31)32)28-19(30)14-9-20(14,2)12-4-5-13(15(22)8-12)21(25,26)27/h4-8,10,14,29H,9H2,1-3H3,(H,28,30)/t10?,14-,20?/m0/s1. The molecule has 0 heterocycles. The lowest BCUT2D eigenvalue weighted by Gasteiger charge is -2.18. The van der Waals surface area contributed by atoms with E-state index >= 15 is 0 Å². The number of alkyl halides is 3. The summed E-state index contributed by atoms with van der Waals surface area (Å²) in [4.78, 5) is 12.6. The summed E-state index contributed by atoms with van der Waals surface area (Å²) < 4.78 is 105. The van der Waals surface area contributed by atoms with E-state index < -0.39 is 68.2 Å². The van der Waals surface area contributed by atoms with E-state index in [0.29, 0.717) is 6.07 Å². The summed E-state index contributed by atoms with van der Waals surface area (Å²) in [6.07, 6.45) is -3.86. The van der Waals surface area contributed by atoms with Gasteiger partial charge < -0.3 is 5.32 Å². The lowest BCUT2D eigenvalue weighted by molar-refractivity contribution is -0.140. The number of hydrogen-bond acceptors (Lipinski definition) is 3. The van der Waals surface area contributed by atoms with E-state index in [0.717, 1.165) is 30.5 Å². The zero-order valence-electron chi connectivity index (χ0n) is 17.6. The highest BCUT2D eigenvalue weighted by Crippen LogP contribution is 2.54. The molecule has 0 aromatic heterocycles. The molecular formula is C21H20F6N2O3S. The first-order valence-corrected chi connectivity index (χ1v) is 11.6. The summed E-state index contributed by atoms with van der Waals surface area (Å²) in [5.74, 6) is -4.99. The average molecular weight is 494 g/mol. The Kier molecular flexibility index (Phi) is 6.20. The Hall–Kier alpha value is -2.76. The number of carbonyl (C=O) groups excluding carboxylic acids is 1. The van der Waals surface area contributed by atoms with Crippen LogP contribution in [0.4, 0.5) is 32.0 Å². The number of benzene rings is 2. The van der Waals surface area contributed by atoms with E-state index in [9.17, 15) is 39.6 Å². The van der Waals surface area contributed by atoms with Crippen molar-refractivity contribution in [1.82, 2.24) is 5.32 Å². The number of carbonyl (C=O) groups is 1. The van der Waals surface area contributed by atoms with Crippen LogP contribution in [0.3, 0.4) is 0 Å². The first-order chi connectivity index (χ1) is 15.0. The summed E-state index contributed by atoms with van der Waals surface area (Å²) in [5, 5.41) is 2.57. The number of anilines is 1. The molecule has 2 unspecified atom stereocenters. The van der Waals surface area contributed by atoms with Crippen LogP contribution in [0, 0.1) is 23.4 Å². The van der Waals surface area contributed by atoms with Gasteiger partial charge in [-0.2, -0.15) is 13.2 Å². The molecule has 33 heavy (non-hydrogen) atoms. The van der Waals surface area contributed by atoms with Crippen LogP contribution in [-0.4, -0.2) is 20.6 Å². The smallest absolute Gasteiger partial charge is 0.349 e. The van der Waals surface area contributed by atoms with E-state index in [1.54, 1.807) is 11.6 Å². The average Bonchev–Trinajstić information content (AvgIpc) is 3.36. The van der Waals surface area contributed by atoms with Crippen molar-refractivity contribution >= 4 is 21.6 Å². The second-order valence-electron chi connectivity index (χ2n) is 8.33. The van der Waals surface area contributed by atoms with E-state index in [1.165, 1.54) is 6.92 Å². The monoisotopic (exact) mass is 494 g/mol. The Morgan fingerprint density at radius 1 is 1.09 bits per heavy atom. The number of amides is 1. The minimum atomic E-state index is -4.84. The minimum absolute atomic E-state index is 0.0281. The Balaban J connectivity index is 1.73. The van der Waals surface area contributed by atoms with Crippen LogP contribution in [0.5, 0.6) is 0 Å². The van der Waals surface area contributed by atoms with Crippen LogP contribution in [-0.2, 0) is 26.4 Å². The molecule has 2 aromatic carbocycles. The quantitative estimate of drug-likeness (QED) is 0.575. The molecule has 3 atom stereocenters. The van der Waals surface area contributed by atoms with Crippen molar-refractivity contribution in [3.05, 3.63) is 64.5 Å². The van der Waals surface area contributed by atoms with Gasteiger partial charge in [0.05, 0.1) is 17.9 Å². The predicted octanol–water partition coefficient (Wildman–Crippen LogP) is 4.65. The molecule has 180 valence electrons. The maximum Gasteiger partial charge on any atom is 0.419 e. The Morgan fingerprint density at radius 3 is 2.15 bits per heavy atom. The molecule has 1 saturated carbocycles. The van der Waals surface area contributed by atoms with Crippen molar-refractivity contribution in [2.24, 2.45) is 5.92 Å². The maximum absolute atomic E-state index is 14.2. The van der Waals surface area contributed by atoms with E-state index in [4.69, 9.17) is 0 Å². The highest BCUT2D eigenvalue weighted by Gasteiger charge is 2.56. The predicted molar refractivity (Wildman–Crippen MR) is 108 cm³/mol. The highest BCUT2D eigenvalue weighted by molar-refractivity contribution is 7.92. The van der Waals surface area contributed by atoms with E-state index in [-0.39, 0.29) is 17.5 Å². The molecular weight excluding hydrogens is 474 g/mol. The summed E-state index contributed by atoms with van der Waals surface area (Å²) >= 11 is 0. The van der Waals surface area contributed by atoms with Gasteiger partial charge in [0.2, 0.25) is 15.9 Å². The van der Waals surface area contributed by atoms with Crippen LogP contribution in [0.2, 0.25) is 0 Å². The van der Waals surface area contributed by atoms with Gasteiger partial charge in [-0.3, -0.25) is 9.52 Å². The van der Waals surface area contributed by atoms with Gasteiger partial charge in [0.15, 0.2) is 11.6 Å². The van der Waals surface area contributed by atoms with Gasteiger partial charge in [-0.25, -0.2) is 21.6 Å². The van der Waals surface area contributed by atoms with Gasteiger partial charge in [-0.05, 0) is 48.7 Å². The molecule has 5 nitrogen and oxygen atoms in total. The molecule has 0 bridgehead atoms. The third-order valence-corrected chi connectivity index (χ3v) is 6.27. The number of sulfonamides is 1. The van der Waals surface area contributed by atoms with Gasteiger partial charge in [0.25, 0.3) is 0 Å². The van der Waals surface area contributed by atoms with Gasteiger partial charge >= 0.3 is 6.18 Å². The fraction of sp³-hybridized carbons (Fsp3) is 0.381. The zero-order valence-corrected chi connectivity index (χ0v) is 18.5. The van der Waals surface area contributed by atoms with Crippen molar-refractivity contribution in [2.75, 3.05) is 11.0 Å².